The summed E-state index contributed by atoms with van der Waals surface area (Å²) in [5.41, 5.74) is -0.787. The summed E-state index contributed by atoms with van der Waals surface area (Å²) in [7, 11) is 0. The molecule has 1 heterocycles. The molecule has 0 fully saturated rings. The van der Waals surface area contributed by atoms with Gasteiger partial charge in [0, 0.05) is 6.42 Å². The summed E-state index contributed by atoms with van der Waals surface area (Å²) < 4.78 is 5.50. The van der Waals surface area contributed by atoms with Crippen molar-refractivity contribution in [2.24, 2.45) is 4.99 Å². The minimum Gasteiger partial charge on any atom is -0.478 e. The molecule has 0 aromatic carbocycles. The maximum absolute atomic E-state index is 9.29. The van der Waals surface area contributed by atoms with Gasteiger partial charge in [-0.05, 0) is 6.42 Å². The summed E-state index contributed by atoms with van der Waals surface area (Å²) in [5.74, 6) is 0.711. The van der Waals surface area contributed by atoms with E-state index in [0.717, 1.165) is 12.8 Å². The van der Waals surface area contributed by atoms with E-state index in [0.29, 0.717) is 12.5 Å². The summed E-state index contributed by atoms with van der Waals surface area (Å²) in [6.45, 7) is 2.30. The standard InChI is InChI=1S/C22H43NO3/c1-2-3-4-5-6-7-8-9-10-11-12-13-14-15-16-17-21-23-22(18-24,19-25)20-26-21/h24-25H,2-20H2,1H3. The van der Waals surface area contributed by atoms with Crippen LogP contribution in [0.2, 0.25) is 0 Å². The van der Waals surface area contributed by atoms with Crippen LogP contribution in [0.15, 0.2) is 4.99 Å². The van der Waals surface area contributed by atoms with Crippen LogP contribution in [0.5, 0.6) is 0 Å². The van der Waals surface area contributed by atoms with E-state index in [9.17, 15) is 10.2 Å². The van der Waals surface area contributed by atoms with Crippen molar-refractivity contribution in [3.8, 4) is 0 Å². The fourth-order valence-corrected chi connectivity index (χ4v) is 3.53. The monoisotopic (exact) mass is 369 g/mol. The molecule has 0 bridgehead atoms. The van der Waals surface area contributed by atoms with Gasteiger partial charge in [-0.15, -0.1) is 0 Å². The van der Waals surface area contributed by atoms with Crippen LogP contribution in [0.3, 0.4) is 0 Å². The summed E-state index contributed by atoms with van der Waals surface area (Å²) in [4.78, 5) is 4.35. The Bertz CT molecular complexity index is 353. The Hall–Kier alpha value is -0.610. The Balaban J connectivity index is 1.82. The molecular weight excluding hydrogens is 326 g/mol. The first-order chi connectivity index (χ1) is 12.8. The van der Waals surface area contributed by atoms with Crippen LogP contribution in [0.4, 0.5) is 0 Å². The fourth-order valence-electron chi connectivity index (χ4n) is 3.53. The van der Waals surface area contributed by atoms with E-state index in [2.05, 4.69) is 11.9 Å². The van der Waals surface area contributed by atoms with Crippen LogP contribution in [-0.4, -0.2) is 41.5 Å². The van der Waals surface area contributed by atoms with Gasteiger partial charge in [-0.25, -0.2) is 4.99 Å². The number of rotatable bonds is 18. The van der Waals surface area contributed by atoms with Gasteiger partial charge < -0.3 is 14.9 Å². The molecule has 0 amide bonds. The number of hydrogen-bond acceptors (Lipinski definition) is 4. The average Bonchev–Trinajstić information content (AvgIpc) is 3.09. The molecule has 1 rings (SSSR count). The lowest BCUT2D eigenvalue weighted by molar-refractivity contribution is 0.0972. The molecule has 0 aromatic rings. The van der Waals surface area contributed by atoms with Gasteiger partial charge in [0.2, 0.25) is 0 Å². The third-order valence-electron chi connectivity index (χ3n) is 5.45. The van der Waals surface area contributed by atoms with Crippen molar-refractivity contribution in [3.05, 3.63) is 0 Å². The summed E-state index contributed by atoms with van der Waals surface area (Å²) >= 11 is 0. The van der Waals surface area contributed by atoms with Crippen LogP contribution in [0, 0.1) is 0 Å². The summed E-state index contributed by atoms with van der Waals surface area (Å²) in [6, 6.07) is 0. The van der Waals surface area contributed by atoms with Crippen molar-refractivity contribution in [1.82, 2.24) is 0 Å². The van der Waals surface area contributed by atoms with Gasteiger partial charge in [0.1, 0.15) is 12.1 Å². The first-order valence-electron chi connectivity index (χ1n) is 11.2. The van der Waals surface area contributed by atoms with Crippen LogP contribution in [-0.2, 0) is 4.74 Å². The molecule has 0 radical (unpaired) electrons. The van der Waals surface area contributed by atoms with Gasteiger partial charge in [-0.2, -0.15) is 0 Å². The highest BCUT2D eigenvalue weighted by atomic mass is 16.5. The second-order valence-corrected chi connectivity index (χ2v) is 8.03. The predicted molar refractivity (Wildman–Crippen MR) is 110 cm³/mol. The van der Waals surface area contributed by atoms with Crippen molar-refractivity contribution >= 4 is 5.90 Å². The quantitative estimate of drug-likeness (QED) is 0.318. The summed E-state index contributed by atoms with van der Waals surface area (Å²) in [6.07, 6.45) is 21.3. The second-order valence-electron chi connectivity index (χ2n) is 8.03. The number of nitrogens with zero attached hydrogens (tertiary/aromatic N) is 1. The second kappa shape index (κ2) is 15.4. The number of aliphatic hydroxyl groups is 2. The molecule has 2 N–H and O–H groups in total. The Morgan fingerprint density at radius 3 is 1.54 bits per heavy atom. The SMILES string of the molecule is CCCCCCCCCCCCCCCCCC1=NC(CO)(CO)CO1. The van der Waals surface area contributed by atoms with E-state index in [1.54, 1.807) is 0 Å². The van der Waals surface area contributed by atoms with Crippen LogP contribution < -0.4 is 0 Å². The molecule has 26 heavy (non-hydrogen) atoms. The van der Waals surface area contributed by atoms with Crippen molar-refractivity contribution in [1.29, 1.82) is 0 Å². The Morgan fingerprint density at radius 2 is 1.15 bits per heavy atom. The molecule has 1 aliphatic rings. The van der Waals surface area contributed by atoms with E-state index in [-0.39, 0.29) is 13.2 Å². The van der Waals surface area contributed by atoms with E-state index < -0.39 is 5.54 Å². The molecule has 0 unspecified atom stereocenters. The largest absolute Gasteiger partial charge is 0.478 e. The number of unbranched alkanes of at least 4 members (excludes halogenated alkanes) is 14. The minimum absolute atomic E-state index is 0.147. The molecule has 0 spiro atoms. The molecular formula is C22H43NO3. The van der Waals surface area contributed by atoms with E-state index in [1.165, 1.54) is 89.9 Å². The van der Waals surface area contributed by atoms with Gasteiger partial charge in [0.25, 0.3) is 0 Å². The lowest BCUT2D eigenvalue weighted by Crippen LogP contribution is -2.37. The Morgan fingerprint density at radius 1 is 0.731 bits per heavy atom. The van der Waals surface area contributed by atoms with Crippen molar-refractivity contribution in [3.63, 3.8) is 0 Å². The first-order valence-corrected chi connectivity index (χ1v) is 11.2. The highest BCUT2D eigenvalue weighted by Crippen LogP contribution is 2.20. The third kappa shape index (κ3) is 10.5. The van der Waals surface area contributed by atoms with Gasteiger partial charge >= 0.3 is 0 Å². The maximum atomic E-state index is 9.29. The minimum atomic E-state index is -0.787. The molecule has 0 atom stereocenters. The topological polar surface area (TPSA) is 62.1 Å². The van der Waals surface area contributed by atoms with Gasteiger partial charge in [-0.1, -0.05) is 96.8 Å². The van der Waals surface area contributed by atoms with Gasteiger partial charge in [-0.3, -0.25) is 0 Å². The Kier molecular flexibility index (Phi) is 13.9. The molecule has 4 nitrogen and oxygen atoms in total. The molecule has 1 aliphatic heterocycles. The lowest BCUT2D eigenvalue weighted by Gasteiger charge is -2.16. The maximum Gasteiger partial charge on any atom is 0.184 e. The zero-order valence-electron chi connectivity index (χ0n) is 17.2. The summed E-state index contributed by atoms with van der Waals surface area (Å²) in [5, 5.41) is 18.6. The van der Waals surface area contributed by atoms with Gasteiger partial charge in [0.05, 0.1) is 13.2 Å². The predicted octanol–water partition coefficient (Wildman–Crippen LogP) is 5.40. The van der Waals surface area contributed by atoms with Crippen molar-refractivity contribution < 1.29 is 14.9 Å². The number of aliphatic hydroxyl groups excluding tert-OH is 2. The van der Waals surface area contributed by atoms with E-state index >= 15 is 0 Å². The lowest BCUT2D eigenvalue weighted by atomic mass is 10.0. The zero-order valence-corrected chi connectivity index (χ0v) is 17.2. The molecule has 154 valence electrons. The van der Waals surface area contributed by atoms with Crippen molar-refractivity contribution in [2.75, 3.05) is 19.8 Å². The highest BCUT2D eigenvalue weighted by Gasteiger charge is 2.35. The molecule has 0 saturated heterocycles. The normalized spacial score (nSPS) is 15.9. The van der Waals surface area contributed by atoms with E-state index in [1.807, 2.05) is 0 Å². The van der Waals surface area contributed by atoms with Crippen molar-refractivity contribution in [2.45, 2.75) is 115 Å². The van der Waals surface area contributed by atoms with Crippen LogP contribution >= 0.6 is 0 Å². The smallest absolute Gasteiger partial charge is 0.184 e. The average molecular weight is 370 g/mol. The molecule has 0 aliphatic carbocycles. The number of hydrogen-bond donors (Lipinski definition) is 2. The highest BCUT2D eigenvalue weighted by molar-refractivity contribution is 5.78. The molecule has 4 heteroatoms. The van der Waals surface area contributed by atoms with Crippen LogP contribution in [0.25, 0.3) is 0 Å². The first kappa shape index (κ1) is 23.4. The number of ether oxygens (including phenoxy) is 1. The fraction of sp³-hybridized carbons (Fsp3) is 0.955. The van der Waals surface area contributed by atoms with Crippen LogP contribution in [0.1, 0.15) is 110 Å². The van der Waals surface area contributed by atoms with E-state index in [4.69, 9.17) is 4.74 Å². The van der Waals surface area contributed by atoms with Gasteiger partial charge in [0.15, 0.2) is 5.90 Å². The zero-order chi connectivity index (χ0) is 18.9. The molecule has 0 aromatic heterocycles. The third-order valence-corrected chi connectivity index (χ3v) is 5.45. The number of aliphatic imine (C=N–C) groups is 1. The Labute approximate surface area is 161 Å². The molecule has 0 saturated carbocycles.